The van der Waals surface area contributed by atoms with Gasteiger partial charge in [-0.2, -0.15) is 0 Å². The number of aliphatic imine (C=N–C) groups is 1. The minimum absolute atomic E-state index is 0.365. The Kier molecular flexibility index (Phi) is 1.88. The van der Waals surface area contributed by atoms with Crippen LogP contribution in [0.25, 0.3) is 0 Å². The Morgan fingerprint density at radius 1 is 1.38 bits per heavy atom. The van der Waals surface area contributed by atoms with Gasteiger partial charge in [-0.15, -0.1) is 0 Å². The Morgan fingerprint density at radius 2 is 2.08 bits per heavy atom. The molecule has 4 heteroatoms. The van der Waals surface area contributed by atoms with E-state index in [0.717, 1.165) is 11.3 Å². The van der Waals surface area contributed by atoms with E-state index >= 15 is 0 Å². The molecule has 0 fully saturated rings. The maximum Gasteiger partial charge on any atom is 0.143 e. The number of nitrogens with two attached hydrogens (primary N) is 2. The lowest BCUT2D eigenvalue weighted by Crippen LogP contribution is -2.35. The Morgan fingerprint density at radius 3 is 2.69 bits per heavy atom. The molecule has 13 heavy (non-hydrogen) atoms. The Bertz CT molecular complexity index is 360. The van der Waals surface area contributed by atoms with Crippen molar-refractivity contribution in [3.63, 3.8) is 0 Å². The summed E-state index contributed by atoms with van der Waals surface area (Å²) in [5, 5.41) is 9.16. The molecule has 0 bridgehead atoms. The van der Waals surface area contributed by atoms with Gasteiger partial charge in [-0.1, -0.05) is 18.2 Å². The van der Waals surface area contributed by atoms with Gasteiger partial charge >= 0.3 is 0 Å². The van der Waals surface area contributed by atoms with Crippen LogP contribution in [0.2, 0.25) is 0 Å². The summed E-state index contributed by atoms with van der Waals surface area (Å²) in [5.74, 6) is 0. The Labute approximate surface area is 75.9 Å². The molecule has 0 aromatic heterocycles. The van der Waals surface area contributed by atoms with E-state index < -0.39 is 6.23 Å². The lowest BCUT2D eigenvalue weighted by Gasteiger charge is -2.10. The van der Waals surface area contributed by atoms with Gasteiger partial charge < -0.3 is 16.6 Å². The first-order valence-electron chi connectivity index (χ1n) is 4.07. The molecule has 0 radical (unpaired) electrons. The lowest BCUT2D eigenvalue weighted by atomic mass is 10.0. The van der Waals surface area contributed by atoms with Crippen LogP contribution in [0.15, 0.2) is 29.3 Å². The minimum Gasteiger partial charge on any atom is -0.373 e. The lowest BCUT2D eigenvalue weighted by molar-refractivity contribution is 0.246. The van der Waals surface area contributed by atoms with Crippen molar-refractivity contribution >= 4 is 11.4 Å². The maximum atomic E-state index is 9.16. The van der Waals surface area contributed by atoms with Crippen LogP contribution >= 0.6 is 0 Å². The molecule has 1 heterocycles. The average Bonchev–Trinajstić information content (AvgIpc) is 2.45. The van der Waals surface area contributed by atoms with Gasteiger partial charge in [-0.05, 0) is 6.07 Å². The van der Waals surface area contributed by atoms with Gasteiger partial charge in [0.15, 0.2) is 0 Å². The summed E-state index contributed by atoms with van der Waals surface area (Å²) in [6, 6.07) is 7.14. The second kappa shape index (κ2) is 2.92. The van der Waals surface area contributed by atoms with Crippen molar-refractivity contribution < 1.29 is 5.11 Å². The van der Waals surface area contributed by atoms with Gasteiger partial charge in [-0.25, -0.2) is 0 Å². The Hall–Kier alpha value is -1.23. The SMILES string of the molecule is NC(O)C1=Nc2ccccc2C1N. The zero-order valence-electron chi connectivity index (χ0n) is 7.01. The fraction of sp³-hybridized carbons (Fsp3) is 0.222. The van der Waals surface area contributed by atoms with Crippen LogP contribution in [0.5, 0.6) is 0 Å². The van der Waals surface area contributed by atoms with E-state index in [1.54, 1.807) is 0 Å². The molecule has 0 amide bonds. The third kappa shape index (κ3) is 1.25. The summed E-state index contributed by atoms with van der Waals surface area (Å²) in [7, 11) is 0. The molecule has 2 atom stereocenters. The summed E-state index contributed by atoms with van der Waals surface area (Å²) >= 11 is 0. The van der Waals surface area contributed by atoms with Crippen molar-refractivity contribution in [3.8, 4) is 0 Å². The third-order valence-electron chi connectivity index (χ3n) is 2.14. The highest BCUT2D eigenvalue weighted by atomic mass is 16.3. The van der Waals surface area contributed by atoms with Gasteiger partial charge in [0.05, 0.1) is 17.4 Å². The molecule has 0 saturated heterocycles. The minimum atomic E-state index is -1.07. The number of rotatable bonds is 1. The molecule has 1 aliphatic heterocycles. The maximum absolute atomic E-state index is 9.16. The first kappa shape index (κ1) is 8.37. The van der Waals surface area contributed by atoms with Gasteiger partial charge in [0.2, 0.25) is 0 Å². The van der Waals surface area contributed by atoms with Crippen LogP contribution in [-0.4, -0.2) is 17.0 Å². The highest BCUT2D eigenvalue weighted by Crippen LogP contribution is 2.32. The van der Waals surface area contributed by atoms with Crippen molar-refractivity contribution in [2.24, 2.45) is 16.5 Å². The number of hydrogen-bond donors (Lipinski definition) is 3. The molecule has 0 spiro atoms. The average molecular weight is 177 g/mol. The smallest absolute Gasteiger partial charge is 0.143 e. The number of fused-ring (bicyclic) bond motifs is 1. The van der Waals surface area contributed by atoms with E-state index in [1.165, 1.54) is 0 Å². The number of aliphatic hydroxyl groups is 1. The second-order valence-corrected chi connectivity index (χ2v) is 3.02. The molecule has 5 N–H and O–H groups in total. The molecule has 68 valence electrons. The number of aliphatic hydroxyl groups excluding tert-OH is 1. The summed E-state index contributed by atoms with van der Waals surface area (Å²) in [6.07, 6.45) is -1.07. The van der Waals surface area contributed by atoms with Crippen molar-refractivity contribution in [2.45, 2.75) is 12.3 Å². The summed E-state index contributed by atoms with van der Waals surface area (Å²) in [4.78, 5) is 4.15. The first-order chi connectivity index (χ1) is 6.20. The fourth-order valence-electron chi connectivity index (χ4n) is 1.47. The van der Waals surface area contributed by atoms with E-state index in [2.05, 4.69) is 4.99 Å². The molecule has 0 aliphatic carbocycles. The molecule has 1 aromatic rings. The van der Waals surface area contributed by atoms with Crippen LogP contribution in [0, 0.1) is 0 Å². The standard InChI is InChI=1S/C9H11N3O/c10-7-5-3-1-2-4-6(5)12-8(7)9(11)13/h1-4,7,9,13H,10-11H2. The number of benzene rings is 1. The van der Waals surface area contributed by atoms with Crippen LogP contribution < -0.4 is 11.5 Å². The zero-order chi connectivity index (χ0) is 9.42. The van der Waals surface area contributed by atoms with Crippen LogP contribution in [0.3, 0.4) is 0 Å². The third-order valence-corrected chi connectivity index (χ3v) is 2.14. The predicted molar refractivity (Wildman–Crippen MR) is 50.7 cm³/mol. The molecule has 4 nitrogen and oxygen atoms in total. The van der Waals surface area contributed by atoms with E-state index in [0.29, 0.717) is 5.71 Å². The summed E-state index contributed by atoms with van der Waals surface area (Å²) in [6.45, 7) is 0. The highest BCUT2D eigenvalue weighted by molar-refractivity contribution is 6.00. The first-order valence-corrected chi connectivity index (χ1v) is 4.07. The van der Waals surface area contributed by atoms with Crippen molar-refractivity contribution in [1.82, 2.24) is 0 Å². The number of hydrogen-bond acceptors (Lipinski definition) is 4. The van der Waals surface area contributed by atoms with Crippen molar-refractivity contribution in [3.05, 3.63) is 29.8 Å². The highest BCUT2D eigenvalue weighted by Gasteiger charge is 2.26. The molecular weight excluding hydrogens is 166 g/mol. The molecule has 1 aliphatic rings. The van der Waals surface area contributed by atoms with Gasteiger partial charge in [-0.3, -0.25) is 4.99 Å². The van der Waals surface area contributed by atoms with Gasteiger partial charge in [0, 0.05) is 5.56 Å². The zero-order valence-corrected chi connectivity index (χ0v) is 7.01. The van der Waals surface area contributed by atoms with E-state index in [4.69, 9.17) is 16.6 Å². The van der Waals surface area contributed by atoms with Gasteiger partial charge in [0.1, 0.15) is 6.23 Å². The van der Waals surface area contributed by atoms with Gasteiger partial charge in [0.25, 0.3) is 0 Å². The predicted octanol–water partition coefficient (Wildman–Crippen LogP) is 0.0496. The van der Waals surface area contributed by atoms with E-state index in [9.17, 15) is 0 Å². The largest absolute Gasteiger partial charge is 0.373 e. The second-order valence-electron chi connectivity index (χ2n) is 3.02. The normalized spacial score (nSPS) is 22.4. The van der Waals surface area contributed by atoms with E-state index in [1.807, 2.05) is 24.3 Å². The molecular formula is C9H11N3O. The van der Waals surface area contributed by atoms with Crippen LogP contribution in [-0.2, 0) is 0 Å². The monoisotopic (exact) mass is 177 g/mol. The number of nitrogens with zero attached hydrogens (tertiary/aromatic N) is 1. The van der Waals surface area contributed by atoms with Crippen molar-refractivity contribution in [2.75, 3.05) is 0 Å². The topological polar surface area (TPSA) is 84.6 Å². The molecule has 2 unspecified atom stereocenters. The Balaban J connectivity index is 2.44. The molecule has 0 saturated carbocycles. The van der Waals surface area contributed by atoms with Crippen LogP contribution in [0.4, 0.5) is 5.69 Å². The molecule has 1 aromatic carbocycles. The summed E-state index contributed by atoms with van der Waals surface area (Å²) in [5.41, 5.74) is 13.3. The summed E-state index contributed by atoms with van der Waals surface area (Å²) < 4.78 is 0. The number of para-hydroxylation sites is 1. The van der Waals surface area contributed by atoms with E-state index in [-0.39, 0.29) is 6.04 Å². The quantitative estimate of drug-likeness (QED) is 0.530. The fourth-order valence-corrected chi connectivity index (χ4v) is 1.47. The van der Waals surface area contributed by atoms with Crippen molar-refractivity contribution in [1.29, 1.82) is 0 Å². The molecule has 2 rings (SSSR count). The van der Waals surface area contributed by atoms with Crippen LogP contribution in [0.1, 0.15) is 11.6 Å².